The predicted octanol–water partition coefficient (Wildman–Crippen LogP) is 1.87. The normalized spacial score (nSPS) is 20.4. The summed E-state index contributed by atoms with van der Waals surface area (Å²) in [6, 6.07) is 12.4. The number of nitrogens with zero attached hydrogens (tertiary/aromatic N) is 2. The van der Waals surface area contributed by atoms with Crippen LogP contribution in [0, 0.1) is 0 Å². The predicted molar refractivity (Wildman–Crippen MR) is 69.8 cm³/mol. The lowest BCUT2D eigenvalue weighted by Crippen LogP contribution is -2.26. The van der Waals surface area contributed by atoms with Crippen molar-refractivity contribution in [2.24, 2.45) is 5.73 Å². The van der Waals surface area contributed by atoms with Crippen molar-refractivity contribution in [3.63, 3.8) is 0 Å². The second-order valence-electron chi connectivity index (χ2n) is 4.83. The van der Waals surface area contributed by atoms with Gasteiger partial charge in [0.05, 0.1) is 6.54 Å². The highest BCUT2D eigenvalue weighted by atomic mass is 16.5. The number of likely N-dealkylation sites (tertiary alicyclic amines) is 1. The largest absolute Gasteiger partial charge is 0.359 e. The van der Waals surface area contributed by atoms with Crippen LogP contribution < -0.4 is 5.73 Å². The first-order chi connectivity index (χ1) is 8.81. The Morgan fingerprint density at radius 2 is 2.17 bits per heavy atom. The summed E-state index contributed by atoms with van der Waals surface area (Å²) in [6.07, 6.45) is 1.07. The van der Waals surface area contributed by atoms with Crippen LogP contribution in [0.15, 0.2) is 40.9 Å². The standard InChI is InChI=1S/C14H17N3O/c15-12-6-7-17(9-12)10-13-8-14(16-18-13)11-4-2-1-3-5-11/h1-5,8,12H,6-7,9-10,15H2. The molecule has 0 spiro atoms. The molecule has 2 heterocycles. The molecule has 0 radical (unpaired) electrons. The second-order valence-corrected chi connectivity index (χ2v) is 4.83. The summed E-state index contributed by atoms with van der Waals surface area (Å²) in [5.74, 6) is 0.906. The fourth-order valence-electron chi connectivity index (χ4n) is 2.36. The lowest BCUT2D eigenvalue weighted by Gasteiger charge is -2.11. The zero-order valence-corrected chi connectivity index (χ0v) is 10.2. The zero-order valence-electron chi connectivity index (χ0n) is 10.2. The molecule has 1 atom stereocenters. The maximum atomic E-state index is 5.89. The van der Waals surface area contributed by atoms with E-state index in [1.807, 2.05) is 36.4 Å². The van der Waals surface area contributed by atoms with Gasteiger partial charge in [0.25, 0.3) is 0 Å². The third-order valence-corrected chi connectivity index (χ3v) is 3.32. The van der Waals surface area contributed by atoms with Crippen LogP contribution in [0.4, 0.5) is 0 Å². The Hall–Kier alpha value is -1.65. The molecule has 2 aromatic rings. The molecule has 1 aromatic heterocycles. The van der Waals surface area contributed by atoms with Gasteiger partial charge in [-0.15, -0.1) is 0 Å². The summed E-state index contributed by atoms with van der Waals surface area (Å²) in [4.78, 5) is 2.31. The van der Waals surface area contributed by atoms with Crippen molar-refractivity contribution in [1.82, 2.24) is 10.1 Å². The van der Waals surface area contributed by atoms with Crippen LogP contribution >= 0.6 is 0 Å². The van der Waals surface area contributed by atoms with Crippen LogP contribution in [0.5, 0.6) is 0 Å². The van der Waals surface area contributed by atoms with Crippen molar-refractivity contribution >= 4 is 0 Å². The van der Waals surface area contributed by atoms with Gasteiger partial charge < -0.3 is 10.3 Å². The molecule has 4 heteroatoms. The molecular weight excluding hydrogens is 226 g/mol. The van der Waals surface area contributed by atoms with E-state index in [2.05, 4.69) is 10.1 Å². The molecule has 1 aliphatic rings. The van der Waals surface area contributed by atoms with Gasteiger partial charge in [-0.1, -0.05) is 35.5 Å². The molecule has 18 heavy (non-hydrogen) atoms. The van der Waals surface area contributed by atoms with Crippen molar-refractivity contribution in [2.45, 2.75) is 19.0 Å². The smallest absolute Gasteiger partial charge is 0.151 e. The Morgan fingerprint density at radius 3 is 2.89 bits per heavy atom. The highest BCUT2D eigenvalue weighted by Gasteiger charge is 2.20. The van der Waals surface area contributed by atoms with Gasteiger partial charge in [-0.3, -0.25) is 4.90 Å². The maximum absolute atomic E-state index is 5.89. The van der Waals surface area contributed by atoms with E-state index in [-0.39, 0.29) is 0 Å². The van der Waals surface area contributed by atoms with Gasteiger partial charge in [0, 0.05) is 30.8 Å². The average Bonchev–Trinajstić information content (AvgIpc) is 3.01. The van der Waals surface area contributed by atoms with Crippen LogP contribution in [0.1, 0.15) is 12.2 Å². The molecule has 0 bridgehead atoms. The molecular formula is C14H17N3O. The number of hydrogen-bond donors (Lipinski definition) is 1. The number of aromatic nitrogens is 1. The summed E-state index contributed by atoms with van der Waals surface area (Å²) < 4.78 is 5.38. The van der Waals surface area contributed by atoms with Gasteiger partial charge in [0.1, 0.15) is 5.69 Å². The summed E-state index contributed by atoms with van der Waals surface area (Å²) in [5, 5.41) is 4.11. The van der Waals surface area contributed by atoms with Crippen molar-refractivity contribution < 1.29 is 4.52 Å². The third-order valence-electron chi connectivity index (χ3n) is 3.32. The topological polar surface area (TPSA) is 55.3 Å². The average molecular weight is 243 g/mol. The Balaban J connectivity index is 1.70. The van der Waals surface area contributed by atoms with E-state index < -0.39 is 0 Å². The fourth-order valence-corrected chi connectivity index (χ4v) is 2.36. The molecule has 0 aliphatic carbocycles. The van der Waals surface area contributed by atoms with E-state index in [1.54, 1.807) is 0 Å². The van der Waals surface area contributed by atoms with Crippen molar-refractivity contribution in [2.75, 3.05) is 13.1 Å². The highest BCUT2D eigenvalue weighted by Crippen LogP contribution is 2.20. The van der Waals surface area contributed by atoms with Gasteiger partial charge in [0.2, 0.25) is 0 Å². The molecule has 94 valence electrons. The van der Waals surface area contributed by atoms with E-state index in [1.165, 1.54) is 0 Å². The van der Waals surface area contributed by atoms with E-state index in [9.17, 15) is 0 Å². The van der Waals surface area contributed by atoms with Crippen LogP contribution in [0.3, 0.4) is 0 Å². The van der Waals surface area contributed by atoms with Gasteiger partial charge in [-0.2, -0.15) is 0 Å². The molecule has 0 amide bonds. The molecule has 1 unspecified atom stereocenters. The van der Waals surface area contributed by atoms with Crippen LogP contribution in [0.25, 0.3) is 11.3 Å². The molecule has 1 fully saturated rings. The first kappa shape index (κ1) is 11.4. The summed E-state index contributed by atoms with van der Waals surface area (Å²) in [6.45, 7) is 2.79. The quantitative estimate of drug-likeness (QED) is 0.894. The number of hydrogen-bond acceptors (Lipinski definition) is 4. The van der Waals surface area contributed by atoms with Crippen LogP contribution in [-0.2, 0) is 6.54 Å². The minimum absolute atomic E-state index is 0.307. The first-order valence-corrected chi connectivity index (χ1v) is 6.30. The van der Waals surface area contributed by atoms with Gasteiger partial charge in [-0.05, 0) is 6.42 Å². The minimum atomic E-state index is 0.307. The monoisotopic (exact) mass is 243 g/mol. The second kappa shape index (κ2) is 4.92. The molecule has 0 saturated carbocycles. The lowest BCUT2D eigenvalue weighted by atomic mass is 10.1. The van der Waals surface area contributed by atoms with Crippen LogP contribution in [-0.4, -0.2) is 29.2 Å². The summed E-state index contributed by atoms with van der Waals surface area (Å²) in [5.41, 5.74) is 7.87. The Bertz CT molecular complexity index is 509. The molecule has 2 N–H and O–H groups in total. The van der Waals surface area contributed by atoms with Crippen molar-refractivity contribution in [3.05, 3.63) is 42.2 Å². The SMILES string of the molecule is NC1CCN(Cc2cc(-c3ccccc3)no2)C1. The third kappa shape index (κ3) is 2.44. The Kier molecular flexibility index (Phi) is 3.13. The maximum Gasteiger partial charge on any atom is 0.151 e. The molecule has 4 nitrogen and oxygen atoms in total. The lowest BCUT2D eigenvalue weighted by molar-refractivity contribution is 0.272. The van der Waals surface area contributed by atoms with Crippen molar-refractivity contribution in [1.29, 1.82) is 0 Å². The Labute approximate surface area is 106 Å². The molecule has 1 aliphatic heterocycles. The van der Waals surface area contributed by atoms with Gasteiger partial charge >= 0.3 is 0 Å². The number of rotatable bonds is 3. The van der Waals surface area contributed by atoms with Crippen LogP contribution in [0.2, 0.25) is 0 Å². The highest BCUT2D eigenvalue weighted by molar-refractivity contribution is 5.58. The minimum Gasteiger partial charge on any atom is -0.359 e. The number of benzene rings is 1. The van der Waals surface area contributed by atoms with E-state index in [0.717, 1.165) is 43.1 Å². The Morgan fingerprint density at radius 1 is 1.33 bits per heavy atom. The van der Waals surface area contributed by atoms with Gasteiger partial charge in [-0.25, -0.2) is 0 Å². The fraction of sp³-hybridized carbons (Fsp3) is 0.357. The molecule has 1 saturated heterocycles. The molecule has 1 aromatic carbocycles. The van der Waals surface area contributed by atoms with Crippen molar-refractivity contribution in [3.8, 4) is 11.3 Å². The van der Waals surface area contributed by atoms with Gasteiger partial charge in [0.15, 0.2) is 5.76 Å². The van der Waals surface area contributed by atoms with E-state index in [4.69, 9.17) is 10.3 Å². The van der Waals surface area contributed by atoms with E-state index >= 15 is 0 Å². The van der Waals surface area contributed by atoms with E-state index in [0.29, 0.717) is 6.04 Å². The zero-order chi connectivity index (χ0) is 12.4. The summed E-state index contributed by atoms with van der Waals surface area (Å²) in [7, 11) is 0. The number of nitrogens with two attached hydrogens (primary N) is 1. The first-order valence-electron chi connectivity index (χ1n) is 6.30. The molecule has 3 rings (SSSR count). The summed E-state index contributed by atoms with van der Waals surface area (Å²) >= 11 is 0.